The lowest BCUT2D eigenvalue weighted by Gasteiger charge is -2.35. The minimum absolute atomic E-state index is 0.0301. The number of amides is 3. The molecule has 660 valence electrons. The number of hydrogen-bond acceptors (Lipinski definition) is 27. The van der Waals surface area contributed by atoms with Crippen LogP contribution in [0.2, 0.25) is 5.15 Å². The molecule has 15 rings (SSSR count). The second-order valence-corrected chi connectivity index (χ2v) is 31.1. The highest BCUT2D eigenvalue weighted by atomic mass is 35.5. The number of esters is 2. The molecule has 11 heterocycles. The van der Waals surface area contributed by atoms with E-state index in [-0.39, 0.29) is 136 Å². The average Bonchev–Trinajstić information content (AvgIpc) is 1.42. The van der Waals surface area contributed by atoms with Crippen LogP contribution in [-0.2, 0) is 37.1 Å². The third kappa shape index (κ3) is 25.0. The molecule has 0 bridgehead atoms. The van der Waals surface area contributed by atoms with Gasteiger partial charge in [0.25, 0.3) is 0 Å². The SMILES string of the molecule is CC(=O)N1CCN(c2cc(-n3ccc(CF)n3)nc(NC3CCC(F)(F)CC3)n2)CC1.CC(=O)N1CCN(c2cc(-n3ccc(CO)n3)nc(NC3CCC(F)(F)CC3)n2)CC1.CCOC(=O)c1ccn(-c2cc(Cl)nc(NC3CCC(F)(F)CC3)n2)n1.CCOC(=O)c1ccn(-c2cc(N3CCN(C(C)=O)CC3)nc(NC3CCC(F)(F)CC3)n2)n1. The first-order chi connectivity index (χ1) is 58.2. The summed E-state index contributed by atoms with van der Waals surface area (Å²) >= 11 is 6.04. The van der Waals surface area contributed by atoms with Gasteiger partial charge < -0.3 is 65.2 Å². The fourth-order valence-corrected chi connectivity index (χ4v) is 14.9. The van der Waals surface area contributed by atoms with E-state index in [1.807, 2.05) is 9.80 Å². The Bertz CT molecular complexity index is 4690. The van der Waals surface area contributed by atoms with E-state index >= 15 is 0 Å². The Morgan fingerprint density at radius 2 is 0.656 bits per heavy atom. The van der Waals surface area contributed by atoms with Gasteiger partial charge in [0.05, 0.1) is 31.2 Å². The smallest absolute Gasteiger partial charge is 0.358 e. The van der Waals surface area contributed by atoms with Crippen molar-refractivity contribution in [2.75, 3.05) is 128 Å². The van der Waals surface area contributed by atoms with Crippen molar-refractivity contribution in [1.82, 2.24) is 93.7 Å². The van der Waals surface area contributed by atoms with E-state index in [1.165, 1.54) is 26.2 Å². The number of aromatic nitrogens is 16. The summed E-state index contributed by atoms with van der Waals surface area (Å²) in [5.74, 6) is -6.44. The number of carbonyl (C=O) groups excluding carboxylic acids is 5. The Balaban J connectivity index is 0.000000149. The number of piperazine rings is 3. The molecular formula is C78H100ClF9N26O8. The van der Waals surface area contributed by atoms with Gasteiger partial charge in [-0.15, -0.1) is 0 Å². The zero-order valence-corrected chi connectivity index (χ0v) is 69.0. The molecule has 7 fully saturated rings. The summed E-state index contributed by atoms with van der Waals surface area (Å²) in [7, 11) is 0. The standard InChI is InChI=1S/C22H29F2N7O3.C20H26F3N7O.C20H27F2N7O2.C16H18ClF2N5O2/c1-3-34-20(33)17-6-9-31(28-17)19-14-18(30-12-10-29(11-13-30)15(2)32)26-21(27-19)25-16-4-7-22(23,24)8-5-16;1-14(31)28-8-10-29(11-9-28)17-12-18(30-7-4-16(13-21)27-30)26-19(25-17)24-15-2-5-20(22,23)6-3-15;1-14(31)27-8-10-28(11-9-27)17-12-18(29-7-4-16(13-30)26-29)25-19(24-17)23-15-2-5-20(21,22)6-3-15;1-2-26-14(25)11-5-8-24(23-11)13-9-12(17)21-15(22-13)20-10-3-6-16(18,19)7-4-10/h6,9,14,16H,3-5,7-8,10-13H2,1-2H3,(H,25,26,27);4,7,12,15H,2-3,5-6,8-11,13H2,1H3,(H,24,25,26);4,7,12,15,30H,2-3,5-6,8-11,13H2,1H3,(H,23,24,25);5,8-10H,2-4,6-7H2,1H3,(H,20,21,22). The van der Waals surface area contributed by atoms with Gasteiger partial charge in [-0.2, -0.15) is 55.3 Å². The van der Waals surface area contributed by atoms with Crippen LogP contribution in [0.1, 0.15) is 170 Å². The summed E-state index contributed by atoms with van der Waals surface area (Å²) in [5.41, 5.74) is 1.10. The Labute approximate surface area is 702 Å². The molecular weight excluding hydrogens is 1640 g/mol. The number of rotatable bonds is 21. The van der Waals surface area contributed by atoms with E-state index in [9.17, 15) is 68.6 Å². The molecule has 4 saturated carbocycles. The Morgan fingerprint density at radius 3 is 0.926 bits per heavy atom. The van der Waals surface area contributed by atoms with Gasteiger partial charge in [0, 0.05) is 224 Å². The van der Waals surface area contributed by atoms with E-state index in [1.54, 1.807) is 115 Å². The fraction of sp³-hybridized carbons (Fsp3) is 0.577. The first-order valence-electron chi connectivity index (χ1n) is 40.8. The number of nitrogens with one attached hydrogen (secondary N) is 4. The van der Waals surface area contributed by atoms with Crippen molar-refractivity contribution in [3.63, 3.8) is 0 Å². The summed E-state index contributed by atoms with van der Waals surface area (Å²) in [4.78, 5) is 106. The lowest BCUT2D eigenvalue weighted by molar-refractivity contribution is -0.129. The lowest BCUT2D eigenvalue weighted by atomic mass is 9.92. The third-order valence-electron chi connectivity index (χ3n) is 21.8. The van der Waals surface area contributed by atoms with E-state index in [0.29, 0.717) is 200 Å². The van der Waals surface area contributed by atoms with E-state index < -0.39 is 42.3 Å². The van der Waals surface area contributed by atoms with Crippen molar-refractivity contribution in [2.24, 2.45) is 0 Å². The number of aliphatic hydroxyl groups excluding tert-OH is 1. The molecule has 44 heteroatoms. The van der Waals surface area contributed by atoms with Crippen LogP contribution in [0, 0.1) is 0 Å². The molecule has 3 amide bonds. The number of ether oxygens (including phenoxy) is 2. The maximum Gasteiger partial charge on any atom is 0.358 e. The van der Waals surface area contributed by atoms with Crippen molar-refractivity contribution in [3.05, 3.63) is 101 Å². The molecule has 0 unspecified atom stereocenters. The molecule has 0 aromatic carbocycles. The van der Waals surface area contributed by atoms with Gasteiger partial charge in [-0.05, 0) is 89.5 Å². The van der Waals surface area contributed by atoms with Crippen LogP contribution in [0.3, 0.4) is 0 Å². The molecule has 3 aliphatic heterocycles. The monoisotopic (exact) mass is 1730 g/mol. The number of alkyl halides is 9. The van der Waals surface area contributed by atoms with Crippen LogP contribution in [0.5, 0.6) is 0 Å². The number of carbonyl (C=O) groups is 5. The molecule has 122 heavy (non-hydrogen) atoms. The molecule has 4 aliphatic carbocycles. The van der Waals surface area contributed by atoms with Gasteiger partial charge >= 0.3 is 11.9 Å². The molecule has 0 atom stereocenters. The van der Waals surface area contributed by atoms with Crippen LogP contribution in [0.4, 0.5) is 80.8 Å². The lowest BCUT2D eigenvalue weighted by Crippen LogP contribution is -2.48. The summed E-state index contributed by atoms with van der Waals surface area (Å²) < 4.78 is 136. The maximum absolute atomic E-state index is 13.6. The number of hydrogen-bond donors (Lipinski definition) is 5. The van der Waals surface area contributed by atoms with E-state index in [0.717, 1.165) is 0 Å². The van der Waals surface area contributed by atoms with Crippen molar-refractivity contribution in [3.8, 4) is 23.3 Å². The summed E-state index contributed by atoms with van der Waals surface area (Å²) in [6.07, 6.45) is 7.85. The van der Waals surface area contributed by atoms with Crippen molar-refractivity contribution in [2.45, 2.75) is 198 Å². The van der Waals surface area contributed by atoms with Gasteiger partial charge in [-0.1, -0.05) is 11.6 Å². The van der Waals surface area contributed by atoms with Crippen LogP contribution >= 0.6 is 11.6 Å². The van der Waals surface area contributed by atoms with Crippen molar-refractivity contribution in [1.29, 1.82) is 0 Å². The normalized spacial score (nSPS) is 18.7. The van der Waals surface area contributed by atoms with Gasteiger partial charge in [0.1, 0.15) is 29.3 Å². The third-order valence-corrected chi connectivity index (χ3v) is 22.0. The van der Waals surface area contributed by atoms with Crippen LogP contribution in [0.25, 0.3) is 23.3 Å². The van der Waals surface area contributed by atoms with Gasteiger partial charge in [0.2, 0.25) is 65.2 Å². The second-order valence-electron chi connectivity index (χ2n) is 30.7. The Hall–Kier alpha value is -11.3. The highest BCUT2D eigenvalue weighted by Gasteiger charge is 2.40. The molecule has 0 spiro atoms. The first-order valence-corrected chi connectivity index (χ1v) is 41.2. The summed E-state index contributed by atoms with van der Waals surface area (Å²) in [5, 5.41) is 39.0. The van der Waals surface area contributed by atoms with Gasteiger partial charge in [-0.3, -0.25) is 14.4 Å². The van der Waals surface area contributed by atoms with Crippen LogP contribution < -0.4 is 36.0 Å². The fourth-order valence-electron chi connectivity index (χ4n) is 14.8. The number of halogens is 10. The Morgan fingerprint density at radius 1 is 0.393 bits per heavy atom. The van der Waals surface area contributed by atoms with Gasteiger partial charge in [-0.25, -0.2) is 72.8 Å². The predicted molar refractivity (Wildman–Crippen MR) is 431 cm³/mol. The molecule has 34 nitrogen and oxygen atoms in total. The number of anilines is 7. The van der Waals surface area contributed by atoms with Crippen molar-refractivity contribution >= 4 is 82.5 Å². The first kappa shape index (κ1) is 90.0. The topological polar surface area (TPSA) is 366 Å². The number of aliphatic hydroxyl groups is 1. The molecule has 0 radical (unpaired) electrons. The second kappa shape index (κ2) is 40.2. The van der Waals surface area contributed by atoms with E-state index in [4.69, 9.17) is 21.1 Å². The highest BCUT2D eigenvalue weighted by Crippen LogP contribution is 2.39. The molecule has 7 aliphatic rings. The summed E-state index contributed by atoms with van der Waals surface area (Å²) in [6, 6.07) is 12.6. The average molecular weight is 1740 g/mol. The predicted octanol–water partition coefficient (Wildman–Crippen LogP) is 10.6. The summed E-state index contributed by atoms with van der Waals surface area (Å²) in [6.45, 7) is 14.9. The molecule has 5 N–H and O–H groups in total. The van der Waals surface area contributed by atoms with Crippen LogP contribution in [-0.4, -0.2) is 268 Å². The largest absolute Gasteiger partial charge is 0.461 e. The quantitative estimate of drug-likeness (QED) is 0.0253. The zero-order chi connectivity index (χ0) is 87.0. The Kier molecular flexibility index (Phi) is 29.6. The maximum atomic E-state index is 13.6. The van der Waals surface area contributed by atoms with Gasteiger partial charge in [0.15, 0.2) is 34.7 Å². The zero-order valence-electron chi connectivity index (χ0n) is 68.3. The molecule has 8 aromatic heterocycles. The van der Waals surface area contributed by atoms with Crippen LogP contribution in [0.15, 0.2) is 73.3 Å². The molecule has 8 aromatic rings. The van der Waals surface area contributed by atoms with E-state index in [2.05, 4.69) is 86.4 Å². The molecule has 3 saturated heterocycles. The highest BCUT2D eigenvalue weighted by molar-refractivity contribution is 6.29. The minimum Gasteiger partial charge on any atom is -0.461 e. The minimum atomic E-state index is -2.62. The van der Waals surface area contributed by atoms with Crippen molar-refractivity contribution < 1.29 is 78.1 Å². The number of nitrogens with zero attached hydrogens (tertiary/aromatic N) is 22.